The van der Waals surface area contributed by atoms with E-state index in [0.29, 0.717) is 6.54 Å². The first-order valence-electron chi connectivity index (χ1n) is 7.04. The van der Waals surface area contributed by atoms with E-state index in [4.69, 9.17) is 0 Å². The van der Waals surface area contributed by atoms with E-state index < -0.39 is 10.0 Å². The van der Waals surface area contributed by atoms with Gasteiger partial charge in [0.05, 0.1) is 6.26 Å². The molecular formula is C13H25N3O3S. The first-order chi connectivity index (χ1) is 9.43. The van der Waals surface area contributed by atoms with Gasteiger partial charge < -0.3 is 10.6 Å². The van der Waals surface area contributed by atoms with Gasteiger partial charge in [-0.15, -0.1) is 6.58 Å². The number of nitrogens with one attached hydrogen (secondary N) is 2. The van der Waals surface area contributed by atoms with Crippen LogP contribution in [0.2, 0.25) is 0 Å². The fourth-order valence-electron chi connectivity index (χ4n) is 2.31. The van der Waals surface area contributed by atoms with E-state index in [-0.39, 0.29) is 25.2 Å². The Morgan fingerprint density at radius 1 is 1.35 bits per heavy atom. The van der Waals surface area contributed by atoms with Crippen LogP contribution in [0.3, 0.4) is 0 Å². The third kappa shape index (κ3) is 6.38. The Hall–Kier alpha value is -1.08. The second kappa shape index (κ2) is 8.26. The van der Waals surface area contributed by atoms with Gasteiger partial charge in [-0.25, -0.2) is 13.2 Å². The van der Waals surface area contributed by atoms with Crippen molar-refractivity contribution in [1.82, 2.24) is 14.9 Å². The average molecular weight is 303 g/mol. The molecule has 1 aliphatic carbocycles. The fraction of sp³-hybridized carbons (Fsp3) is 0.769. The highest BCUT2D eigenvalue weighted by molar-refractivity contribution is 7.88. The van der Waals surface area contributed by atoms with Crippen molar-refractivity contribution in [1.29, 1.82) is 0 Å². The van der Waals surface area contributed by atoms with E-state index in [1.807, 2.05) is 0 Å². The third-order valence-electron chi connectivity index (χ3n) is 3.39. The molecule has 2 amide bonds. The van der Waals surface area contributed by atoms with Gasteiger partial charge in [-0.1, -0.05) is 25.3 Å². The molecule has 20 heavy (non-hydrogen) atoms. The quantitative estimate of drug-likeness (QED) is 0.690. The van der Waals surface area contributed by atoms with Gasteiger partial charge in [-0.3, -0.25) is 0 Å². The zero-order chi connectivity index (χ0) is 15.0. The molecule has 0 heterocycles. The van der Waals surface area contributed by atoms with Crippen molar-refractivity contribution in [2.45, 2.75) is 38.1 Å². The van der Waals surface area contributed by atoms with Crippen LogP contribution in [-0.2, 0) is 10.0 Å². The van der Waals surface area contributed by atoms with E-state index in [1.165, 1.54) is 16.8 Å². The van der Waals surface area contributed by atoms with Crippen LogP contribution >= 0.6 is 0 Å². The molecular weight excluding hydrogens is 278 g/mol. The summed E-state index contributed by atoms with van der Waals surface area (Å²) in [7, 11) is -3.26. The van der Waals surface area contributed by atoms with Crippen molar-refractivity contribution in [3.63, 3.8) is 0 Å². The summed E-state index contributed by atoms with van der Waals surface area (Å²) in [5.41, 5.74) is 0. The van der Waals surface area contributed by atoms with Crippen molar-refractivity contribution in [3.05, 3.63) is 12.7 Å². The summed E-state index contributed by atoms with van der Waals surface area (Å²) in [6, 6.07) is 0.0342. The smallest absolute Gasteiger partial charge is 0.315 e. The molecule has 0 aromatic rings. The summed E-state index contributed by atoms with van der Waals surface area (Å²) in [6.45, 7) is 4.33. The van der Waals surface area contributed by atoms with Gasteiger partial charge in [-0.2, -0.15) is 4.31 Å². The average Bonchev–Trinajstić information content (AvgIpc) is 2.37. The lowest BCUT2D eigenvalue weighted by Gasteiger charge is -2.23. The Kier molecular flexibility index (Phi) is 7.01. The molecule has 2 N–H and O–H groups in total. The molecule has 0 aromatic carbocycles. The molecule has 0 unspecified atom stereocenters. The van der Waals surface area contributed by atoms with Crippen LogP contribution in [0.5, 0.6) is 0 Å². The zero-order valence-electron chi connectivity index (χ0n) is 12.1. The predicted molar refractivity (Wildman–Crippen MR) is 80.0 cm³/mol. The van der Waals surface area contributed by atoms with E-state index in [9.17, 15) is 13.2 Å². The molecule has 0 aliphatic heterocycles. The van der Waals surface area contributed by atoms with Crippen molar-refractivity contribution in [2.75, 3.05) is 25.9 Å². The number of amides is 2. The summed E-state index contributed by atoms with van der Waals surface area (Å²) in [5.74, 6) is 0. The Balaban J connectivity index is 2.27. The molecule has 1 saturated carbocycles. The molecule has 1 aliphatic rings. The highest BCUT2D eigenvalue weighted by atomic mass is 32.2. The SMILES string of the molecule is C=CCN(CCNC(=O)NC1CCCCC1)S(C)(=O)=O. The number of hydrogen-bond acceptors (Lipinski definition) is 3. The number of hydrogen-bond donors (Lipinski definition) is 2. The number of carbonyl (C=O) groups excluding carboxylic acids is 1. The summed E-state index contributed by atoms with van der Waals surface area (Å²) in [4.78, 5) is 11.7. The molecule has 0 atom stereocenters. The fourth-order valence-corrected chi connectivity index (χ4v) is 3.11. The van der Waals surface area contributed by atoms with Crippen LogP contribution < -0.4 is 10.6 Å². The second-order valence-electron chi connectivity index (χ2n) is 5.14. The van der Waals surface area contributed by atoms with Gasteiger partial charge in [-0.05, 0) is 12.8 Å². The van der Waals surface area contributed by atoms with Gasteiger partial charge in [0.15, 0.2) is 0 Å². The Labute approximate surface area is 121 Å². The first-order valence-corrected chi connectivity index (χ1v) is 8.88. The van der Waals surface area contributed by atoms with Gasteiger partial charge in [0.25, 0.3) is 0 Å². The van der Waals surface area contributed by atoms with Crippen LogP contribution in [0.4, 0.5) is 4.79 Å². The number of urea groups is 1. The second-order valence-corrected chi connectivity index (χ2v) is 7.13. The molecule has 1 fully saturated rings. The summed E-state index contributed by atoms with van der Waals surface area (Å²) >= 11 is 0. The Morgan fingerprint density at radius 2 is 2.00 bits per heavy atom. The van der Waals surface area contributed by atoms with Gasteiger partial charge in [0, 0.05) is 25.7 Å². The summed E-state index contributed by atoms with van der Waals surface area (Å²) < 4.78 is 24.2. The van der Waals surface area contributed by atoms with Gasteiger partial charge >= 0.3 is 6.03 Å². The van der Waals surface area contributed by atoms with E-state index in [2.05, 4.69) is 17.2 Å². The molecule has 0 bridgehead atoms. The van der Waals surface area contributed by atoms with Crippen LogP contribution in [-0.4, -0.2) is 50.7 Å². The molecule has 0 saturated heterocycles. The number of carbonyl (C=O) groups is 1. The van der Waals surface area contributed by atoms with Gasteiger partial charge in [0.2, 0.25) is 10.0 Å². The van der Waals surface area contributed by atoms with Crippen molar-refractivity contribution in [3.8, 4) is 0 Å². The molecule has 7 heteroatoms. The minimum Gasteiger partial charge on any atom is -0.337 e. The summed E-state index contributed by atoms with van der Waals surface area (Å²) in [5, 5.41) is 5.63. The van der Waals surface area contributed by atoms with Crippen molar-refractivity contribution < 1.29 is 13.2 Å². The van der Waals surface area contributed by atoms with Crippen LogP contribution in [0.25, 0.3) is 0 Å². The highest BCUT2D eigenvalue weighted by Gasteiger charge is 2.17. The first kappa shape index (κ1) is 17.0. The molecule has 0 spiro atoms. The van der Waals surface area contributed by atoms with Crippen LogP contribution in [0.15, 0.2) is 12.7 Å². The monoisotopic (exact) mass is 303 g/mol. The largest absolute Gasteiger partial charge is 0.337 e. The Bertz CT molecular complexity index is 417. The minimum absolute atomic E-state index is 0.219. The minimum atomic E-state index is -3.26. The van der Waals surface area contributed by atoms with Crippen molar-refractivity contribution >= 4 is 16.1 Å². The lowest BCUT2D eigenvalue weighted by molar-refractivity contribution is 0.232. The maximum Gasteiger partial charge on any atom is 0.315 e. The van der Waals surface area contributed by atoms with E-state index in [1.54, 1.807) is 0 Å². The van der Waals surface area contributed by atoms with E-state index in [0.717, 1.165) is 31.9 Å². The molecule has 0 radical (unpaired) electrons. The number of nitrogens with zero attached hydrogens (tertiary/aromatic N) is 1. The van der Waals surface area contributed by atoms with Crippen molar-refractivity contribution in [2.24, 2.45) is 0 Å². The highest BCUT2D eigenvalue weighted by Crippen LogP contribution is 2.17. The maximum atomic E-state index is 11.7. The maximum absolute atomic E-state index is 11.7. The number of rotatable bonds is 7. The molecule has 1 rings (SSSR count). The third-order valence-corrected chi connectivity index (χ3v) is 4.66. The lowest BCUT2D eigenvalue weighted by Crippen LogP contribution is -2.45. The predicted octanol–water partition coefficient (Wildman–Crippen LogP) is 1.07. The van der Waals surface area contributed by atoms with Crippen LogP contribution in [0.1, 0.15) is 32.1 Å². The lowest BCUT2D eigenvalue weighted by atomic mass is 9.96. The topological polar surface area (TPSA) is 78.5 Å². The standard InChI is InChI=1S/C13H25N3O3S/c1-3-10-16(20(2,18)19)11-9-14-13(17)15-12-7-5-4-6-8-12/h3,12H,1,4-11H2,2H3,(H2,14,15,17). The van der Waals surface area contributed by atoms with Gasteiger partial charge in [0.1, 0.15) is 0 Å². The molecule has 6 nitrogen and oxygen atoms in total. The summed E-state index contributed by atoms with van der Waals surface area (Å²) in [6.07, 6.45) is 8.30. The normalized spacial score (nSPS) is 16.9. The van der Waals surface area contributed by atoms with Crippen LogP contribution in [0, 0.1) is 0 Å². The Morgan fingerprint density at radius 3 is 2.55 bits per heavy atom. The van der Waals surface area contributed by atoms with E-state index >= 15 is 0 Å². The zero-order valence-corrected chi connectivity index (χ0v) is 12.9. The number of sulfonamides is 1. The molecule has 0 aromatic heterocycles. The molecule has 116 valence electrons.